The van der Waals surface area contributed by atoms with E-state index in [0.29, 0.717) is 0 Å². The molecule has 12 heavy (non-hydrogen) atoms. The average Bonchev–Trinajstić information content (AvgIpc) is 2.36. The van der Waals surface area contributed by atoms with Gasteiger partial charge in [-0.05, 0) is 25.3 Å². The molecule has 0 bridgehead atoms. The Balaban J connectivity index is 2.49. The minimum atomic E-state index is 0.724. The van der Waals surface area contributed by atoms with Gasteiger partial charge in [-0.25, -0.2) is 0 Å². The summed E-state index contributed by atoms with van der Waals surface area (Å²) in [6, 6.07) is 0. The maximum atomic E-state index is 4.51. The normalized spacial score (nSPS) is 17.3. The van der Waals surface area contributed by atoms with Gasteiger partial charge in [0.1, 0.15) is 0 Å². The molecule has 1 rings (SSSR count). The van der Waals surface area contributed by atoms with Gasteiger partial charge >= 0.3 is 0 Å². The second-order valence-corrected chi connectivity index (χ2v) is 3.61. The van der Waals surface area contributed by atoms with Crippen LogP contribution in [0, 0.1) is 5.92 Å². The molecule has 1 heterocycles. The minimum Gasteiger partial charge on any atom is -0.258 e. The van der Waals surface area contributed by atoms with Crippen LogP contribution in [-0.2, 0) is 0 Å². The fourth-order valence-electron chi connectivity index (χ4n) is 1.37. The minimum absolute atomic E-state index is 0.724. The highest BCUT2D eigenvalue weighted by molar-refractivity contribution is 5.89. The van der Waals surface area contributed by atoms with E-state index in [0.717, 1.165) is 24.5 Å². The summed E-state index contributed by atoms with van der Waals surface area (Å²) < 4.78 is 0. The molecule has 0 unspecified atom stereocenters. The molecule has 1 nitrogen and oxygen atoms in total. The van der Waals surface area contributed by atoms with E-state index in [1.165, 1.54) is 5.71 Å². The van der Waals surface area contributed by atoms with Crippen LogP contribution in [-0.4, -0.2) is 5.71 Å². The van der Waals surface area contributed by atoms with Gasteiger partial charge in [0.05, 0.1) is 5.70 Å². The summed E-state index contributed by atoms with van der Waals surface area (Å²) in [5, 5.41) is 0. The molecule has 0 aliphatic carbocycles. The van der Waals surface area contributed by atoms with Gasteiger partial charge in [-0.2, -0.15) is 0 Å². The van der Waals surface area contributed by atoms with Crippen molar-refractivity contribution in [3.05, 3.63) is 23.9 Å². The highest BCUT2D eigenvalue weighted by Crippen LogP contribution is 2.16. The Kier molecular flexibility index (Phi) is 3.27. The molecule has 0 fully saturated rings. The summed E-state index contributed by atoms with van der Waals surface area (Å²) in [5.74, 6) is 0.724. The van der Waals surface area contributed by atoms with Crippen LogP contribution >= 0.6 is 0 Å². The van der Waals surface area contributed by atoms with Gasteiger partial charge in [-0.15, -0.1) is 0 Å². The Morgan fingerprint density at radius 2 is 2.33 bits per heavy atom. The lowest BCUT2D eigenvalue weighted by molar-refractivity contribution is 0.681. The molecule has 0 radical (unpaired) electrons. The first-order chi connectivity index (χ1) is 5.72. The number of rotatable bonds is 3. The Hall–Kier alpha value is -0.850. The predicted molar refractivity (Wildman–Crippen MR) is 54.4 cm³/mol. The van der Waals surface area contributed by atoms with E-state index in [1.54, 1.807) is 0 Å². The van der Waals surface area contributed by atoms with Crippen molar-refractivity contribution >= 4 is 5.71 Å². The van der Waals surface area contributed by atoms with Crippen molar-refractivity contribution in [1.29, 1.82) is 0 Å². The van der Waals surface area contributed by atoms with E-state index in [-0.39, 0.29) is 0 Å². The first-order valence-corrected chi connectivity index (χ1v) is 4.61. The summed E-state index contributed by atoms with van der Waals surface area (Å²) >= 11 is 0. The number of allylic oxidation sites excluding steroid dienone is 3. The van der Waals surface area contributed by atoms with Crippen molar-refractivity contribution < 1.29 is 0 Å². The SMILES string of the molecule is C/C=C\C1=CCC(CC(C)C)=N1. The lowest BCUT2D eigenvalue weighted by Crippen LogP contribution is -1.98. The van der Waals surface area contributed by atoms with E-state index in [4.69, 9.17) is 0 Å². The summed E-state index contributed by atoms with van der Waals surface area (Å²) in [5.41, 5.74) is 2.46. The molecule has 0 amide bonds. The smallest absolute Gasteiger partial charge is 0.0589 e. The van der Waals surface area contributed by atoms with Crippen LogP contribution < -0.4 is 0 Å². The maximum absolute atomic E-state index is 4.51. The zero-order valence-electron chi connectivity index (χ0n) is 8.17. The molecule has 0 spiro atoms. The van der Waals surface area contributed by atoms with Gasteiger partial charge in [0, 0.05) is 12.1 Å². The van der Waals surface area contributed by atoms with Crippen molar-refractivity contribution in [3.8, 4) is 0 Å². The van der Waals surface area contributed by atoms with Gasteiger partial charge in [0.2, 0.25) is 0 Å². The number of aliphatic imine (C=N–C) groups is 1. The molecule has 0 saturated heterocycles. The van der Waals surface area contributed by atoms with Gasteiger partial charge in [0.15, 0.2) is 0 Å². The van der Waals surface area contributed by atoms with Crippen LogP contribution in [0.15, 0.2) is 28.9 Å². The summed E-state index contributed by atoms with van der Waals surface area (Å²) in [6.07, 6.45) is 8.48. The Labute approximate surface area is 74.9 Å². The first-order valence-electron chi connectivity index (χ1n) is 4.61. The third-order valence-corrected chi connectivity index (χ3v) is 1.82. The summed E-state index contributed by atoms with van der Waals surface area (Å²) in [4.78, 5) is 4.51. The van der Waals surface area contributed by atoms with E-state index in [2.05, 4.69) is 31.0 Å². The van der Waals surface area contributed by atoms with Crippen LogP contribution in [0.25, 0.3) is 0 Å². The molecule has 0 saturated carbocycles. The number of nitrogens with zero attached hydrogens (tertiary/aromatic N) is 1. The second kappa shape index (κ2) is 4.24. The fourth-order valence-corrected chi connectivity index (χ4v) is 1.37. The third kappa shape index (κ3) is 2.65. The standard InChI is InChI=1S/C11H17N/c1-4-5-10-6-7-11(12-10)8-9(2)3/h4-6,9H,7-8H2,1-3H3/b5-4-. The van der Waals surface area contributed by atoms with Crippen LogP contribution in [0.5, 0.6) is 0 Å². The molecule has 1 aliphatic heterocycles. The van der Waals surface area contributed by atoms with Crippen molar-refractivity contribution in [2.24, 2.45) is 10.9 Å². The van der Waals surface area contributed by atoms with Crippen LogP contribution in [0.4, 0.5) is 0 Å². The Morgan fingerprint density at radius 3 is 2.92 bits per heavy atom. The van der Waals surface area contributed by atoms with E-state index in [9.17, 15) is 0 Å². The highest BCUT2D eigenvalue weighted by Gasteiger charge is 2.07. The van der Waals surface area contributed by atoms with Gasteiger partial charge in [-0.3, -0.25) is 4.99 Å². The molecular formula is C11H17N. The van der Waals surface area contributed by atoms with Gasteiger partial charge in [-0.1, -0.05) is 26.0 Å². The number of hydrogen-bond acceptors (Lipinski definition) is 1. The van der Waals surface area contributed by atoms with E-state index >= 15 is 0 Å². The van der Waals surface area contributed by atoms with Crippen molar-refractivity contribution in [2.45, 2.75) is 33.6 Å². The molecule has 0 N–H and O–H groups in total. The molecule has 0 aromatic carbocycles. The maximum Gasteiger partial charge on any atom is 0.0589 e. The first kappa shape index (κ1) is 9.24. The van der Waals surface area contributed by atoms with Crippen LogP contribution in [0.1, 0.15) is 33.6 Å². The quantitative estimate of drug-likeness (QED) is 0.605. The fraction of sp³-hybridized carbons (Fsp3) is 0.545. The lowest BCUT2D eigenvalue weighted by Gasteiger charge is -2.02. The summed E-state index contributed by atoms with van der Waals surface area (Å²) in [7, 11) is 0. The van der Waals surface area contributed by atoms with E-state index in [1.807, 2.05) is 13.0 Å². The highest BCUT2D eigenvalue weighted by atomic mass is 14.8. The number of hydrogen-bond donors (Lipinski definition) is 0. The third-order valence-electron chi connectivity index (χ3n) is 1.82. The molecule has 66 valence electrons. The largest absolute Gasteiger partial charge is 0.258 e. The van der Waals surface area contributed by atoms with Crippen molar-refractivity contribution in [3.63, 3.8) is 0 Å². The van der Waals surface area contributed by atoms with Crippen molar-refractivity contribution in [2.75, 3.05) is 0 Å². The monoisotopic (exact) mass is 163 g/mol. The van der Waals surface area contributed by atoms with Crippen LogP contribution in [0.3, 0.4) is 0 Å². The predicted octanol–water partition coefficient (Wildman–Crippen LogP) is 3.34. The Morgan fingerprint density at radius 1 is 1.58 bits per heavy atom. The molecule has 0 aromatic rings. The van der Waals surface area contributed by atoms with Gasteiger partial charge < -0.3 is 0 Å². The molecule has 0 aromatic heterocycles. The van der Waals surface area contributed by atoms with Crippen LogP contribution in [0.2, 0.25) is 0 Å². The van der Waals surface area contributed by atoms with Crippen molar-refractivity contribution in [1.82, 2.24) is 0 Å². The molecular weight excluding hydrogens is 146 g/mol. The zero-order chi connectivity index (χ0) is 8.97. The topological polar surface area (TPSA) is 12.4 Å². The van der Waals surface area contributed by atoms with Gasteiger partial charge in [0.25, 0.3) is 0 Å². The molecule has 1 heteroatoms. The summed E-state index contributed by atoms with van der Waals surface area (Å²) in [6.45, 7) is 6.49. The molecule has 0 atom stereocenters. The average molecular weight is 163 g/mol. The molecule has 1 aliphatic rings. The Bertz CT molecular complexity index is 231. The second-order valence-electron chi connectivity index (χ2n) is 3.61. The lowest BCUT2D eigenvalue weighted by atomic mass is 10.1. The van der Waals surface area contributed by atoms with E-state index < -0.39 is 0 Å². The zero-order valence-corrected chi connectivity index (χ0v) is 8.17.